The number of anilines is 2. The normalized spacial score (nSPS) is 17.1. The molecule has 6 nitrogen and oxygen atoms in total. The van der Waals surface area contributed by atoms with Crippen molar-refractivity contribution in [2.75, 3.05) is 16.3 Å². The van der Waals surface area contributed by atoms with Crippen LogP contribution in [0.4, 0.5) is 16.2 Å². The van der Waals surface area contributed by atoms with Crippen molar-refractivity contribution in [1.29, 1.82) is 5.26 Å². The van der Waals surface area contributed by atoms with Crippen LogP contribution in [-0.4, -0.2) is 28.6 Å². The van der Waals surface area contributed by atoms with Crippen LogP contribution in [0.25, 0.3) is 10.8 Å². The molecule has 1 aliphatic rings. The number of fused-ring (bicyclic) bond motifs is 1. The highest BCUT2D eigenvalue weighted by molar-refractivity contribution is 6.11. The summed E-state index contributed by atoms with van der Waals surface area (Å²) in [6.07, 6.45) is 5.07. The van der Waals surface area contributed by atoms with Crippen molar-refractivity contribution in [2.24, 2.45) is 0 Å². The van der Waals surface area contributed by atoms with Gasteiger partial charge in [-0.2, -0.15) is 5.26 Å². The number of rotatable bonds is 2. The van der Waals surface area contributed by atoms with Gasteiger partial charge < -0.3 is 0 Å². The molecule has 1 fully saturated rings. The summed E-state index contributed by atoms with van der Waals surface area (Å²) in [5.74, 6) is 0. The Balaban J connectivity index is 1.81. The van der Waals surface area contributed by atoms with Gasteiger partial charge in [0.2, 0.25) is 0 Å². The fourth-order valence-corrected chi connectivity index (χ4v) is 3.17. The van der Waals surface area contributed by atoms with Crippen LogP contribution in [0.3, 0.4) is 0 Å². The minimum atomic E-state index is -0.575. The van der Waals surface area contributed by atoms with Crippen molar-refractivity contribution in [2.45, 2.75) is 13.0 Å². The topological polar surface area (TPSA) is 73.1 Å². The van der Waals surface area contributed by atoms with E-state index in [-0.39, 0.29) is 6.03 Å². The number of carbonyl (C=O) groups excluding carboxylic acids is 1. The van der Waals surface area contributed by atoms with Crippen LogP contribution in [0.2, 0.25) is 0 Å². The van der Waals surface area contributed by atoms with Gasteiger partial charge in [-0.3, -0.25) is 19.8 Å². The van der Waals surface area contributed by atoms with Crippen LogP contribution in [0.1, 0.15) is 5.69 Å². The summed E-state index contributed by atoms with van der Waals surface area (Å²) >= 11 is 0. The Bertz CT molecular complexity index is 1000. The third-order valence-corrected chi connectivity index (χ3v) is 4.35. The lowest BCUT2D eigenvalue weighted by atomic mass is 10.1. The summed E-state index contributed by atoms with van der Waals surface area (Å²) in [4.78, 5) is 24.6. The van der Waals surface area contributed by atoms with Crippen LogP contribution < -0.4 is 9.80 Å². The molecular formula is C19H15N5O. The lowest BCUT2D eigenvalue weighted by Gasteiger charge is -2.21. The molecule has 2 amide bonds. The summed E-state index contributed by atoms with van der Waals surface area (Å²) in [6.45, 7) is 2.18. The number of pyridine rings is 2. The quantitative estimate of drug-likeness (QED) is 0.723. The Morgan fingerprint density at radius 1 is 1.24 bits per heavy atom. The van der Waals surface area contributed by atoms with Crippen LogP contribution in [0.15, 0.2) is 55.0 Å². The van der Waals surface area contributed by atoms with Gasteiger partial charge in [0.1, 0.15) is 6.04 Å². The Morgan fingerprint density at radius 2 is 2.08 bits per heavy atom. The summed E-state index contributed by atoms with van der Waals surface area (Å²) in [5.41, 5.74) is 2.22. The Labute approximate surface area is 145 Å². The van der Waals surface area contributed by atoms with E-state index < -0.39 is 6.04 Å². The molecule has 0 bridgehead atoms. The predicted molar refractivity (Wildman–Crippen MR) is 95.3 cm³/mol. The second-order valence-corrected chi connectivity index (χ2v) is 5.94. The first kappa shape index (κ1) is 15.1. The lowest BCUT2D eigenvalue weighted by Crippen LogP contribution is -2.34. The summed E-state index contributed by atoms with van der Waals surface area (Å²) in [5, 5.41) is 11.4. The maximum Gasteiger partial charge on any atom is 0.330 e. The standard InChI is InChI=1S/C19H15N5O/c1-13-8-15(6-7-22-13)23-12-16(9-20)24(19(23)25)18-11-21-10-14-4-2-3-5-17(14)18/h2-8,10-11,16H,12H2,1H3/t16-/m1/s1. The predicted octanol–water partition coefficient (Wildman–Crippen LogP) is 3.28. The van der Waals surface area contributed by atoms with Crippen LogP contribution in [-0.2, 0) is 0 Å². The van der Waals surface area contributed by atoms with E-state index in [1.807, 2.05) is 37.3 Å². The zero-order valence-electron chi connectivity index (χ0n) is 13.6. The third kappa shape index (κ3) is 2.46. The maximum atomic E-state index is 13.1. The lowest BCUT2D eigenvalue weighted by molar-refractivity contribution is 0.255. The van der Waals surface area contributed by atoms with Gasteiger partial charge in [-0.15, -0.1) is 0 Å². The summed E-state index contributed by atoms with van der Waals surface area (Å²) in [6, 6.07) is 12.8. The van der Waals surface area contributed by atoms with E-state index in [1.165, 1.54) is 4.90 Å². The molecule has 3 heterocycles. The number of hydrogen-bond donors (Lipinski definition) is 0. The molecule has 0 saturated carbocycles. The number of nitrogens with zero attached hydrogens (tertiary/aromatic N) is 5. The molecule has 25 heavy (non-hydrogen) atoms. The van der Waals surface area contributed by atoms with Crippen molar-refractivity contribution in [1.82, 2.24) is 9.97 Å². The first-order valence-electron chi connectivity index (χ1n) is 7.95. The Kier molecular flexibility index (Phi) is 3.55. The van der Waals surface area contributed by atoms with Crippen molar-refractivity contribution < 1.29 is 4.79 Å². The number of carbonyl (C=O) groups is 1. The van der Waals surface area contributed by atoms with E-state index in [1.54, 1.807) is 29.6 Å². The first-order chi connectivity index (χ1) is 12.2. The minimum absolute atomic E-state index is 0.227. The van der Waals surface area contributed by atoms with Crippen LogP contribution >= 0.6 is 0 Å². The average Bonchev–Trinajstić information content (AvgIpc) is 2.97. The van der Waals surface area contributed by atoms with Gasteiger partial charge in [-0.1, -0.05) is 24.3 Å². The van der Waals surface area contributed by atoms with E-state index in [0.29, 0.717) is 12.2 Å². The van der Waals surface area contributed by atoms with Crippen LogP contribution in [0.5, 0.6) is 0 Å². The number of amides is 2. The molecule has 0 N–H and O–H groups in total. The van der Waals surface area contributed by atoms with E-state index in [9.17, 15) is 10.1 Å². The van der Waals surface area contributed by atoms with Gasteiger partial charge in [-0.25, -0.2) is 4.79 Å². The average molecular weight is 329 g/mol. The largest absolute Gasteiger partial charge is 0.330 e. The van der Waals surface area contributed by atoms with E-state index in [2.05, 4.69) is 16.0 Å². The Hall–Kier alpha value is -3.46. The van der Waals surface area contributed by atoms with Gasteiger partial charge in [0.15, 0.2) is 0 Å². The first-order valence-corrected chi connectivity index (χ1v) is 7.95. The number of benzene rings is 1. The molecular weight excluding hydrogens is 314 g/mol. The van der Waals surface area contributed by atoms with Gasteiger partial charge >= 0.3 is 6.03 Å². The Morgan fingerprint density at radius 3 is 2.88 bits per heavy atom. The molecule has 1 atom stereocenters. The van der Waals surface area contributed by atoms with Crippen molar-refractivity contribution >= 4 is 28.2 Å². The zero-order valence-corrected chi connectivity index (χ0v) is 13.6. The fourth-order valence-electron chi connectivity index (χ4n) is 3.17. The molecule has 2 aromatic heterocycles. The molecule has 6 heteroatoms. The molecule has 4 rings (SSSR count). The maximum absolute atomic E-state index is 13.1. The molecule has 1 saturated heterocycles. The van der Waals surface area contributed by atoms with Crippen LogP contribution in [0, 0.1) is 18.3 Å². The van der Waals surface area contributed by atoms with Gasteiger partial charge in [0.05, 0.1) is 24.5 Å². The SMILES string of the molecule is Cc1cc(N2C[C@@H](C#N)N(c3cncc4ccccc34)C2=O)ccn1. The van der Waals surface area contributed by atoms with Crippen molar-refractivity contribution in [3.8, 4) is 6.07 Å². The highest BCUT2D eigenvalue weighted by Gasteiger charge is 2.40. The molecule has 0 spiro atoms. The zero-order chi connectivity index (χ0) is 17.4. The van der Waals surface area contributed by atoms with Gasteiger partial charge in [0, 0.05) is 34.5 Å². The smallest absolute Gasteiger partial charge is 0.291 e. The summed E-state index contributed by atoms with van der Waals surface area (Å²) < 4.78 is 0. The van der Waals surface area contributed by atoms with Gasteiger partial charge in [0.25, 0.3) is 0 Å². The number of hydrogen-bond acceptors (Lipinski definition) is 4. The van der Waals surface area contributed by atoms with E-state index >= 15 is 0 Å². The number of nitriles is 1. The van der Waals surface area contributed by atoms with Crippen molar-refractivity contribution in [3.63, 3.8) is 0 Å². The second kappa shape index (κ2) is 5.87. The molecule has 3 aromatic rings. The van der Waals surface area contributed by atoms with E-state index in [0.717, 1.165) is 22.2 Å². The summed E-state index contributed by atoms with van der Waals surface area (Å²) in [7, 11) is 0. The van der Waals surface area contributed by atoms with E-state index in [4.69, 9.17) is 0 Å². The number of aryl methyl sites for hydroxylation is 1. The number of aromatic nitrogens is 2. The number of urea groups is 1. The van der Waals surface area contributed by atoms with Gasteiger partial charge in [-0.05, 0) is 19.1 Å². The fraction of sp³-hybridized carbons (Fsp3) is 0.158. The highest BCUT2D eigenvalue weighted by atomic mass is 16.2. The third-order valence-electron chi connectivity index (χ3n) is 4.35. The highest BCUT2D eigenvalue weighted by Crippen LogP contribution is 2.33. The molecule has 122 valence electrons. The molecule has 0 unspecified atom stereocenters. The molecule has 1 aliphatic heterocycles. The second-order valence-electron chi connectivity index (χ2n) is 5.94. The molecule has 1 aromatic carbocycles. The van der Waals surface area contributed by atoms with Crippen molar-refractivity contribution in [3.05, 3.63) is 60.7 Å². The molecule has 0 radical (unpaired) electrons. The monoisotopic (exact) mass is 329 g/mol. The minimum Gasteiger partial charge on any atom is -0.291 e. The molecule has 0 aliphatic carbocycles.